The summed E-state index contributed by atoms with van der Waals surface area (Å²) in [7, 11) is 0. The van der Waals surface area contributed by atoms with E-state index in [4.69, 9.17) is 0 Å². The first-order chi connectivity index (χ1) is 8.61. The molecule has 2 rings (SSSR count). The summed E-state index contributed by atoms with van der Waals surface area (Å²) in [6, 6.07) is 1.52. The summed E-state index contributed by atoms with van der Waals surface area (Å²) in [5.74, 6) is 2.66. The molecule has 1 aliphatic heterocycles. The Balaban J connectivity index is 2.01. The summed E-state index contributed by atoms with van der Waals surface area (Å²) >= 11 is 0. The zero-order valence-corrected chi connectivity index (χ0v) is 12.8. The number of likely N-dealkylation sites (tertiary alicyclic amines) is 1. The van der Waals surface area contributed by atoms with Gasteiger partial charge in [0.2, 0.25) is 0 Å². The SMILES string of the molecule is CCCNC1CC(C)CC(C)C1N1CCC(C)C1. The molecule has 1 saturated heterocycles. The van der Waals surface area contributed by atoms with Gasteiger partial charge < -0.3 is 5.32 Å². The van der Waals surface area contributed by atoms with Crippen LogP contribution in [0.25, 0.3) is 0 Å². The van der Waals surface area contributed by atoms with E-state index in [1.165, 1.54) is 45.3 Å². The predicted octanol–water partition coefficient (Wildman–Crippen LogP) is 3.13. The second-order valence-corrected chi connectivity index (χ2v) is 6.99. The molecule has 0 spiro atoms. The molecule has 2 fully saturated rings. The summed E-state index contributed by atoms with van der Waals surface area (Å²) in [5, 5.41) is 3.83. The van der Waals surface area contributed by atoms with Crippen LogP contribution in [0.2, 0.25) is 0 Å². The van der Waals surface area contributed by atoms with Gasteiger partial charge in [0.1, 0.15) is 0 Å². The molecular weight excluding hydrogens is 220 g/mol. The lowest BCUT2D eigenvalue weighted by Crippen LogP contribution is -2.56. The molecule has 0 aromatic heterocycles. The van der Waals surface area contributed by atoms with Crippen LogP contribution in [0.3, 0.4) is 0 Å². The van der Waals surface area contributed by atoms with E-state index >= 15 is 0 Å². The smallest absolute Gasteiger partial charge is 0.0275 e. The maximum atomic E-state index is 3.83. The molecule has 0 radical (unpaired) electrons. The number of hydrogen-bond donors (Lipinski definition) is 1. The molecule has 5 unspecified atom stereocenters. The van der Waals surface area contributed by atoms with Crippen molar-refractivity contribution < 1.29 is 0 Å². The van der Waals surface area contributed by atoms with E-state index in [9.17, 15) is 0 Å². The molecule has 0 aromatic rings. The molecule has 1 saturated carbocycles. The van der Waals surface area contributed by atoms with Crippen LogP contribution in [0.1, 0.15) is 53.4 Å². The van der Waals surface area contributed by atoms with E-state index in [1.54, 1.807) is 0 Å². The van der Waals surface area contributed by atoms with Crippen LogP contribution in [-0.2, 0) is 0 Å². The van der Waals surface area contributed by atoms with Crippen LogP contribution in [0, 0.1) is 17.8 Å². The van der Waals surface area contributed by atoms with Crippen molar-refractivity contribution in [2.75, 3.05) is 19.6 Å². The zero-order valence-electron chi connectivity index (χ0n) is 12.8. The van der Waals surface area contributed by atoms with E-state index in [1.807, 2.05) is 0 Å². The van der Waals surface area contributed by atoms with Crippen molar-refractivity contribution in [1.29, 1.82) is 0 Å². The van der Waals surface area contributed by atoms with E-state index in [0.29, 0.717) is 0 Å². The third-order valence-corrected chi connectivity index (χ3v) is 4.96. The zero-order chi connectivity index (χ0) is 13.1. The topological polar surface area (TPSA) is 15.3 Å². The molecule has 1 heterocycles. The molecule has 2 nitrogen and oxygen atoms in total. The summed E-state index contributed by atoms with van der Waals surface area (Å²) in [4.78, 5) is 2.79. The Kier molecular flexibility index (Phi) is 5.08. The summed E-state index contributed by atoms with van der Waals surface area (Å²) in [6.45, 7) is 13.4. The number of rotatable bonds is 4. The van der Waals surface area contributed by atoms with Gasteiger partial charge >= 0.3 is 0 Å². The van der Waals surface area contributed by atoms with Crippen molar-refractivity contribution in [3.05, 3.63) is 0 Å². The average Bonchev–Trinajstić information content (AvgIpc) is 2.72. The van der Waals surface area contributed by atoms with E-state index in [2.05, 4.69) is 37.9 Å². The van der Waals surface area contributed by atoms with Gasteiger partial charge in [0, 0.05) is 18.6 Å². The normalized spacial score (nSPS) is 42.3. The molecule has 5 atom stereocenters. The minimum atomic E-state index is 0.731. The van der Waals surface area contributed by atoms with Crippen molar-refractivity contribution in [2.45, 2.75) is 65.5 Å². The Morgan fingerprint density at radius 2 is 1.89 bits per heavy atom. The molecule has 106 valence electrons. The molecule has 18 heavy (non-hydrogen) atoms. The Morgan fingerprint density at radius 1 is 1.11 bits per heavy atom. The summed E-state index contributed by atoms with van der Waals surface area (Å²) in [5.41, 5.74) is 0. The maximum Gasteiger partial charge on any atom is 0.0275 e. The molecule has 2 aliphatic rings. The number of nitrogens with one attached hydrogen (secondary N) is 1. The summed E-state index contributed by atoms with van der Waals surface area (Å²) < 4.78 is 0. The van der Waals surface area contributed by atoms with Crippen LogP contribution in [0.15, 0.2) is 0 Å². The van der Waals surface area contributed by atoms with Gasteiger partial charge in [-0.15, -0.1) is 0 Å². The van der Waals surface area contributed by atoms with Gasteiger partial charge in [-0.1, -0.05) is 27.7 Å². The van der Waals surface area contributed by atoms with Crippen molar-refractivity contribution in [3.8, 4) is 0 Å². The lowest BCUT2D eigenvalue weighted by Gasteiger charge is -2.45. The maximum absolute atomic E-state index is 3.83. The minimum absolute atomic E-state index is 0.731. The van der Waals surface area contributed by atoms with Gasteiger partial charge in [0.15, 0.2) is 0 Å². The second-order valence-electron chi connectivity index (χ2n) is 6.99. The molecule has 1 N–H and O–H groups in total. The van der Waals surface area contributed by atoms with Crippen LogP contribution >= 0.6 is 0 Å². The first-order valence-corrected chi connectivity index (χ1v) is 8.09. The lowest BCUT2D eigenvalue weighted by atomic mass is 9.76. The Morgan fingerprint density at radius 3 is 2.50 bits per heavy atom. The Hall–Kier alpha value is -0.0800. The fourth-order valence-corrected chi connectivity index (χ4v) is 4.23. The van der Waals surface area contributed by atoms with Crippen LogP contribution < -0.4 is 5.32 Å². The van der Waals surface area contributed by atoms with Crippen molar-refractivity contribution in [1.82, 2.24) is 10.2 Å². The molecule has 2 heteroatoms. The third kappa shape index (κ3) is 3.27. The van der Waals surface area contributed by atoms with E-state index < -0.39 is 0 Å². The highest BCUT2D eigenvalue weighted by molar-refractivity contribution is 4.95. The molecular formula is C16H32N2. The van der Waals surface area contributed by atoms with Crippen molar-refractivity contribution in [2.24, 2.45) is 17.8 Å². The minimum Gasteiger partial charge on any atom is -0.312 e. The van der Waals surface area contributed by atoms with Crippen LogP contribution in [0.4, 0.5) is 0 Å². The Bertz CT molecular complexity index is 253. The predicted molar refractivity (Wildman–Crippen MR) is 78.8 cm³/mol. The quantitative estimate of drug-likeness (QED) is 0.827. The molecule has 1 aliphatic carbocycles. The van der Waals surface area contributed by atoms with E-state index in [-0.39, 0.29) is 0 Å². The monoisotopic (exact) mass is 252 g/mol. The van der Waals surface area contributed by atoms with Gasteiger partial charge in [0.25, 0.3) is 0 Å². The second kappa shape index (κ2) is 6.38. The fraction of sp³-hybridized carbons (Fsp3) is 1.00. The van der Waals surface area contributed by atoms with Gasteiger partial charge in [-0.3, -0.25) is 4.90 Å². The van der Waals surface area contributed by atoms with Crippen molar-refractivity contribution >= 4 is 0 Å². The first-order valence-electron chi connectivity index (χ1n) is 8.09. The van der Waals surface area contributed by atoms with Gasteiger partial charge in [0.05, 0.1) is 0 Å². The fourth-order valence-electron chi connectivity index (χ4n) is 4.23. The third-order valence-electron chi connectivity index (χ3n) is 4.96. The largest absolute Gasteiger partial charge is 0.312 e. The average molecular weight is 252 g/mol. The van der Waals surface area contributed by atoms with Crippen molar-refractivity contribution in [3.63, 3.8) is 0 Å². The van der Waals surface area contributed by atoms with Gasteiger partial charge in [-0.2, -0.15) is 0 Å². The highest BCUT2D eigenvalue weighted by atomic mass is 15.2. The molecule has 0 bridgehead atoms. The molecule has 0 aromatic carbocycles. The van der Waals surface area contributed by atoms with Crippen LogP contribution in [-0.4, -0.2) is 36.6 Å². The van der Waals surface area contributed by atoms with Gasteiger partial charge in [-0.05, 0) is 56.5 Å². The van der Waals surface area contributed by atoms with Gasteiger partial charge in [-0.25, -0.2) is 0 Å². The molecule has 0 amide bonds. The summed E-state index contributed by atoms with van der Waals surface area (Å²) in [6.07, 6.45) is 5.45. The standard InChI is InChI=1S/C16H32N2/c1-5-7-17-15-10-13(3)9-14(4)16(15)18-8-6-12(2)11-18/h12-17H,5-11H2,1-4H3. The number of nitrogens with zero attached hydrogens (tertiary/aromatic N) is 1. The number of hydrogen-bond acceptors (Lipinski definition) is 2. The highest BCUT2D eigenvalue weighted by Gasteiger charge is 2.39. The van der Waals surface area contributed by atoms with E-state index in [0.717, 1.165) is 29.8 Å². The lowest BCUT2D eigenvalue weighted by molar-refractivity contribution is 0.0767. The highest BCUT2D eigenvalue weighted by Crippen LogP contribution is 2.34. The first kappa shape index (κ1) is 14.3. The Labute approximate surface area is 114 Å². The van der Waals surface area contributed by atoms with Crippen LogP contribution in [0.5, 0.6) is 0 Å².